The van der Waals surface area contributed by atoms with Gasteiger partial charge in [0.25, 0.3) is 11.8 Å². The predicted molar refractivity (Wildman–Crippen MR) is 184 cm³/mol. The van der Waals surface area contributed by atoms with E-state index in [0.29, 0.717) is 25.0 Å². The van der Waals surface area contributed by atoms with E-state index in [1.165, 1.54) is 0 Å². The summed E-state index contributed by atoms with van der Waals surface area (Å²) in [5.74, 6) is -2.84. The standard InChI is InChI=1S/C37H56N6O6/c1-5-12-25(30(44)35(48)39-24-18-19-24)40-33(46)28-21-23-15-9-10-17-27(23)43(28)36(49)31(37(2,3)4)42-34(47)29(22-13-7-6-8-14-22)41-32(45)26-16-11-20-38-26/h11,16,20,22-25,27-29,31,38H,5-10,12-15,17-19,21H2,1-4H3,(H,39,48)(H,40,46)(H,41,45)(H,42,47)/t23-,25-,27-,28-,29?,31+/m0/s1. The van der Waals surface area contributed by atoms with Gasteiger partial charge in [-0.05, 0) is 80.8 Å². The Labute approximate surface area is 290 Å². The van der Waals surface area contributed by atoms with E-state index < -0.39 is 53.1 Å². The lowest BCUT2D eigenvalue weighted by Crippen LogP contribution is -2.63. The summed E-state index contributed by atoms with van der Waals surface area (Å²) >= 11 is 0. The van der Waals surface area contributed by atoms with Crippen LogP contribution < -0.4 is 21.3 Å². The van der Waals surface area contributed by atoms with E-state index in [0.717, 1.165) is 70.6 Å². The molecule has 2 heterocycles. The van der Waals surface area contributed by atoms with E-state index >= 15 is 0 Å². The predicted octanol–water partition coefficient (Wildman–Crippen LogP) is 3.52. The third kappa shape index (κ3) is 8.91. The van der Waals surface area contributed by atoms with Gasteiger partial charge in [0.05, 0.1) is 6.04 Å². The second-order valence-electron chi connectivity index (χ2n) is 15.8. The zero-order valence-corrected chi connectivity index (χ0v) is 29.6. The monoisotopic (exact) mass is 680 g/mol. The summed E-state index contributed by atoms with van der Waals surface area (Å²) in [6.07, 6.45) is 12.9. The maximum atomic E-state index is 14.8. The molecule has 0 radical (unpaired) electrons. The number of carbonyl (C=O) groups excluding carboxylic acids is 6. The molecule has 5 amide bonds. The lowest BCUT2D eigenvalue weighted by molar-refractivity contribution is -0.147. The Morgan fingerprint density at radius 3 is 2.22 bits per heavy atom. The van der Waals surface area contributed by atoms with E-state index in [4.69, 9.17) is 0 Å². The van der Waals surface area contributed by atoms with Gasteiger partial charge in [-0.2, -0.15) is 0 Å². The van der Waals surface area contributed by atoms with Crippen LogP contribution in [0.1, 0.15) is 128 Å². The molecule has 3 aliphatic carbocycles. The summed E-state index contributed by atoms with van der Waals surface area (Å²) < 4.78 is 0. The van der Waals surface area contributed by atoms with Gasteiger partial charge in [-0.3, -0.25) is 28.8 Å². The van der Waals surface area contributed by atoms with Crippen molar-refractivity contribution in [2.24, 2.45) is 17.3 Å². The van der Waals surface area contributed by atoms with Gasteiger partial charge >= 0.3 is 0 Å². The van der Waals surface area contributed by atoms with Crippen molar-refractivity contribution in [3.8, 4) is 0 Å². The number of aromatic amines is 1. The number of fused-ring (bicyclic) bond motifs is 1. The minimum Gasteiger partial charge on any atom is -0.357 e. The Morgan fingerprint density at radius 2 is 1.59 bits per heavy atom. The number of nitrogens with zero attached hydrogens (tertiary/aromatic N) is 1. The number of likely N-dealkylation sites (tertiary alicyclic amines) is 1. The number of aromatic nitrogens is 1. The van der Waals surface area contributed by atoms with E-state index in [1.54, 1.807) is 23.2 Å². The summed E-state index contributed by atoms with van der Waals surface area (Å²) in [4.78, 5) is 86.6. The molecule has 1 aliphatic heterocycles. The second kappa shape index (κ2) is 15.9. The van der Waals surface area contributed by atoms with Gasteiger partial charge in [-0.25, -0.2) is 0 Å². The first-order chi connectivity index (χ1) is 23.4. The van der Waals surface area contributed by atoms with Crippen LogP contribution in [0, 0.1) is 17.3 Å². The average molecular weight is 681 g/mol. The van der Waals surface area contributed by atoms with Crippen molar-refractivity contribution in [3.05, 3.63) is 24.0 Å². The summed E-state index contributed by atoms with van der Waals surface area (Å²) in [6.45, 7) is 7.56. The number of carbonyl (C=O) groups is 6. The van der Waals surface area contributed by atoms with E-state index in [1.807, 2.05) is 27.7 Å². The molecule has 3 saturated carbocycles. The van der Waals surface area contributed by atoms with Crippen molar-refractivity contribution in [3.63, 3.8) is 0 Å². The van der Waals surface area contributed by atoms with E-state index in [2.05, 4.69) is 26.3 Å². The van der Waals surface area contributed by atoms with Crippen LogP contribution in [0.4, 0.5) is 0 Å². The van der Waals surface area contributed by atoms with Crippen molar-refractivity contribution >= 4 is 35.3 Å². The fraction of sp³-hybridized carbons (Fsp3) is 0.730. The first-order valence-corrected chi connectivity index (χ1v) is 18.6. The number of ketones is 1. The van der Waals surface area contributed by atoms with E-state index in [9.17, 15) is 28.8 Å². The van der Waals surface area contributed by atoms with Crippen molar-refractivity contribution in [2.45, 2.75) is 154 Å². The van der Waals surface area contributed by atoms with Gasteiger partial charge in [-0.1, -0.05) is 66.2 Å². The molecule has 49 heavy (non-hydrogen) atoms. The van der Waals surface area contributed by atoms with Crippen molar-refractivity contribution < 1.29 is 28.8 Å². The molecule has 0 aromatic carbocycles. The molecule has 6 atom stereocenters. The Morgan fingerprint density at radius 1 is 0.898 bits per heavy atom. The largest absolute Gasteiger partial charge is 0.357 e. The maximum Gasteiger partial charge on any atom is 0.289 e. The summed E-state index contributed by atoms with van der Waals surface area (Å²) in [7, 11) is 0. The van der Waals surface area contributed by atoms with Gasteiger partial charge in [-0.15, -0.1) is 0 Å². The molecule has 1 saturated heterocycles. The molecule has 1 aromatic rings. The lowest BCUT2D eigenvalue weighted by Gasteiger charge is -2.40. The first-order valence-electron chi connectivity index (χ1n) is 18.6. The lowest BCUT2D eigenvalue weighted by atomic mass is 9.81. The molecule has 1 aromatic heterocycles. The molecule has 12 heteroatoms. The third-order valence-corrected chi connectivity index (χ3v) is 10.9. The molecule has 0 spiro atoms. The number of hydrogen-bond donors (Lipinski definition) is 5. The van der Waals surface area contributed by atoms with Crippen LogP contribution in [0.5, 0.6) is 0 Å². The summed E-state index contributed by atoms with van der Waals surface area (Å²) in [5.41, 5.74) is -0.362. The van der Waals surface area contributed by atoms with Crippen LogP contribution >= 0.6 is 0 Å². The molecule has 270 valence electrons. The van der Waals surface area contributed by atoms with Gasteiger partial charge in [0.15, 0.2) is 0 Å². The number of Topliss-reactive ketones (excluding diaryl/α,β-unsaturated/α-hetero) is 1. The Kier molecular flexibility index (Phi) is 11.9. The van der Waals surface area contributed by atoms with Crippen molar-refractivity contribution in [1.29, 1.82) is 0 Å². The quantitative estimate of drug-likeness (QED) is 0.200. The van der Waals surface area contributed by atoms with Crippen molar-refractivity contribution in [1.82, 2.24) is 31.2 Å². The highest BCUT2D eigenvalue weighted by Gasteiger charge is 2.51. The molecule has 4 aliphatic rings. The highest BCUT2D eigenvalue weighted by atomic mass is 16.2. The number of H-pyrrole nitrogens is 1. The smallest absolute Gasteiger partial charge is 0.289 e. The molecular weight excluding hydrogens is 624 g/mol. The summed E-state index contributed by atoms with van der Waals surface area (Å²) in [6, 6.07) is -0.370. The normalized spacial score (nSPS) is 24.6. The fourth-order valence-corrected chi connectivity index (χ4v) is 8.06. The van der Waals surface area contributed by atoms with Crippen LogP contribution in [0.3, 0.4) is 0 Å². The first kappa shape index (κ1) is 36.6. The molecule has 4 fully saturated rings. The van der Waals surface area contributed by atoms with Crippen LogP contribution in [-0.4, -0.2) is 81.5 Å². The van der Waals surface area contributed by atoms with Crippen LogP contribution in [-0.2, 0) is 24.0 Å². The minimum absolute atomic E-state index is 0.0181. The highest BCUT2D eigenvalue weighted by Crippen LogP contribution is 2.41. The third-order valence-electron chi connectivity index (χ3n) is 10.9. The average Bonchev–Trinajstić information content (AvgIpc) is 3.55. The van der Waals surface area contributed by atoms with Gasteiger partial charge in [0, 0.05) is 18.3 Å². The Balaban J connectivity index is 1.37. The minimum atomic E-state index is -0.978. The SMILES string of the molecule is CCC[C@H](NC(=O)[C@@H]1C[C@@H]2CCCC[C@@H]2N1C(=O)[C@@H](NC(=O)C(NC(=O)c1ccc[nH]1)C1CCCCC1)C(C)(C)C)C(=O)C(=O)NC1CC1. The Bertz CT molecular complexity index is 1360. The Hall–Kier alpha value is -3.70. The zero-order valence-electron chi connectivity index (χ0n) is 29.6. The molecule has 5 N–H and O–H groups in total. The molecular formula is C37H56N6O6. The number of rotatable bonds is 13. The zero-order chi connectivity index (χ0) is 35.3. The van der Waals surface area contributed by atoms with Gasteiger partial charge in [0.2, 0.25) is 23.5 Å². The van der Waals surface area contributed by atoms with Crippen LogP contribution in [0.2, 0.25) is 0 Å². The van der Waals surface area contributed by atoms with Crippen molar-refractivity contribution in [2.75, 3.05) is 0 Å². The van der Waals surface area contributed by atoms with E-state index in [-0.39, 0.29) is 35.7 Å². The van der Waals surface area contributed by atoms with Gasteiger partial charge < -0.3 is 31.2 Å². The summed E-state index contributed by atoms with van der Waals surface area (Å²) in [5, 5.41) is 11.6. The van der Waals surface area contributed by atoms with Gasteiger partial charge in [0.1, 0.15) is 23.8 Å². The molecule has 5 rings (SSSR count). The van der Waals surface area contributed by atoms with Crippen LogP contribution in [0.25, 0.3) is 0 Å². The maximum absolute atomic E-state index is 14.8. The molecule has 0 bridgehead atoms. The highest BCUT2D eigenvalue weighted by molar-refractivity contribution is 6.38. The number of amides is 5. The topological polar surface area (TPSA) is 170 Å². The second-order valence-corrected chi connectivity index (χ2v) is 15.8. The van der Waals surface area contributed by atoms with Crippen LogP contribution in [0.15, 0.2) is 18.3 Å². The number of nitrogens with one attached hydrogen (secondary N) is 5. The fourth-order valence-electron chi connectivity index (χ4n) is 8.06. The number of hydrogen-bond acceptors (Lipinski definition) is 6. The molecule has 1 unspecified atom stereocenters. The molecule has 12 nitrogen and oxygen atoms in total.